The Hall–Kier alpha value is -1.92. The van der Waals surface area contributed by atoms with Gasteiger partial charge in [0.1, 0.15) is 0 Å². The fourth-order valence-corrected chi connectivity index (χ4v) is 2.32. The number of carbonyl (C=O) groups is 2. The normalized spacial score (nSPS) is 10.0. The molecule has 2 aromatic rings. The van der Waals surface area contributed by atoms with Crippen molar-refractivity contribution in [2.75, 3.05) is 12.4 Å². The van der Waals surface area contributed by atoms with Gasteiger partial charge in [0.05, 0.1) is 22.0 Å². The number of aromatic nitrogens is 1. The third kappa shape index (κ3) is 3.10. The summed E-state index contributed by atoms with van der Waals surface area (Å²) in [5.41, 5.74) is 0.352. The van der Waals surface area contributed by atoms with E-state index in [2.05, 4.69) is 15.0 Å². The number of nitrogens with zero attached hydrogens (tertiary/aromatic N) is 1. The fraction of sp³-hybridized carbons (Fsp3) is 0.0833. The summed E-state index contributed by atoms with van der Waals surface area (Å²) in [5.74, 6) is -0.963. The number of rotatable bonds is 3. The molecule has 0 saturated carbocycles. The minimum atomic E-state index is -0.611. The van der Waals surface area contributed by atoms with Crippen LogP contribution in [0.15, 0.2) is 30.5 Å². The van der Waals surface area contributed by atoms with Crippen LogP contribution in [0, 0.1) is 0 Å². The van der Waals surface area contributed by atoms with Gasteiger partial charge in [-0.2, -0.15) is 0 Å². The highest BCUT2D eigenvalue weighted by molar-refractivity contribution is 7.18. The number of amides is 1. The van der Waals surface area contributed by atoms with Gasteiger partial charge in [0.2, 0.25) is 0 Å². The van der Waals surface area contributed by atoms with Crippen LogP contribution in [0.1, 0.15) is 20.2 Å². The molecular formula is C12H9ClN2O3S. The summed E-state index contributed by atoms with van der Waals surface area (Å²) in [6.45, 7) is 0. The molecule has 0 atom stereocenters. The number of ether oxygens (including phenoxy) is 1. The molecular weight excluding hydrogens is 288 g/mol. The number of halogens is 1. The van der Waals surface area contributed by atoms with E-state index in [4.69, 9.17) is 11.6 Å². The van der Waals surface area contributed by atoms with Gasteiger partial charge in [0.15, 0.2) is 5.69 Å². The van der Waals surface area contributed by atoms with Gasteiger partial charge >= 0.3 is 5.97 Å². The van der Waals surface area contributed by atoms with Crippen LogP contribution in [0.3, 0.4) is 0 Å². The number of esters is 1. The first-order chi connectivity index (χ1) is 9.11. The SMILES string of the molecule is COC(=O)c1ncccc1NC(=O)c1ccc(Cl)s1. The fourth-order valence-electron chi connectivity index (χ4n) is 1.39. The molecule has 5 nitrogen and oxygen atoms in total. The number of methoxy groups -OCH3 is 1. The molecule has 98 valence electrons. The number of pyridine rings is 1. The molecule has 0 unspecified atom stereocenters. The van der Waals surface area contributed by atoms with Crippen LogP contribution in [0.2, 0.25) is 4.34 Å². The minimum Gasteiger partial charge on any atom is -0.464 e. The lowest BCUT2D eigenvalue weighted by Crippen LogP contribution is -2.15. The molecule has 19 heavy (non-hydrogen) atoms. The molecule has 0 aliphatic rings. The van der Waals surface area contributed by atoms with Gasteiger partial charge in [-0.3, -0.25) is 4.79 Å². The van der Waals surface area contributed by atoms with E-state index in [9.17, 15) is 9.59 Å². The lowest BCUT2D eigenvalue weighted by molar-refractivity contribution is 0.0595. The highest BCUT2D eigenvalue weighted by Gasteiger charge is 2.16. The lowest BCUT2D eigenvalue weighted by Gasteiger charge is -2.07. The quantitative estimate of drug-likeness (QED) is 0.884. The van der Waals surface area contributed by atoms with Gasteiger partial charge in [-0.1, -0.05) is 11.6 Å². The van der Waals surface area contributed by atoms with Crippen LogP contribution >= 0.6 is 22.9 Å². The average molecular weight is 297 g/mol. The predicted molar refractivity (Wildman–Crippen MR) is 72.9 cm³/mol. The second-order valence-corrected chi connectivity index (χ2v) is 5.16. The van der Waals surface area contributed by atoms with Crippen LogP contribution in [-0.2, 0) is 4.74 Å². The Morgan fingerprint density at radius 3 is 2.79 bits per heavy atom. The molecule has 2 rings (SSSR count). The highest BCUT2D eigenvalue weighted by Crippen LogP contribution is 2.23. The largest absolute Gasteiger partial charge is 0.464 e. The standard InChI is InChI=1S/C12H9ClN2O3S/c1-18-12(17)10-7(3-2-6-14-10)15-11(16)8-4-5-9(13)19-8/h2-6H,1H3,(H,15,16). The van der Waals surface area contributed by atoms with Crippen LogP contribution in [0.25, 0.3) is 0 Å². The second-order valence-electron chi connectivity index (χ2n) is 3.45. The van der Waals surface area contributed by atoms with Crippen LogP contribution in [-0.4, -0.2) is 24.0 Å². The summed E-state index contributed by atoms with van der Waals surface area (Å²) in [4.78, 5) is 27.8. The summed E-state index contributed by atoms with van der Waals surface area (Å²) in [6.07, 6.45) is 1.45. The molecule has 0 radical (unpaired) electrons. The molecule has 0 aliphatic carbocycles. The van der Waals surface area contributed by atoms with E-state index in [0.717, 1.165) is 11.3 Å². The Balaban J connectivity index is 2.24. The predicted octanol–water partition coefficient (Wildman–Crippen LogP) is 2.84. The Labute approximate surface area is 118 Å². The topological polar surface area (TPSA) is 68.3 Å². The molecule has 0 aliphatic heterocycles. The van der Waals surface area contributed by atoms with E-state index in [1.807, 2.05) is 0 Å². The van der Waals surface area contributed by atoms with Crippen molar-refractivity contribution < 1.29 is 14.3 Å². The summed E-state index contributed by atoms with van der Waals surface area (Å²) < 4.78 is 5.12. The molecule has 2 aromatic heterocycles. The van der Waals surface area contributed by atoms with Gasteiger partial charge < -0.3 is 10.1 Å². The van der Waals surface area contributed by atoms with Crippen molar-refractivity contribution in [2.24, 2.45) is 0 Å². The van der Waals surface area contributed by atoms with E-state index in [1.165, 1.54) is 13.3 Å². The zero-order valence-corrected chi connectivity index (χ0v) is 11.4. The Bertz CT molecular complexity index is 627. The van der Waals surface area contributed by atoms with Crippen LogP contribution in [0.4, 0.5) is 5.69 Å². The van der Waals surface area contributed by atoms with E-state index in [-0.39, 0.29) is 11.6 Å². The van der Waals surface area contributed by atoms with Crippen molar-refractivity contribution in [2.45, 2.75) is 0 Å². The van der Waals surface area contributed by atoms with Crippen LogP contribution in [0.5, 0.6) is 0 Å². The zero-order valence-electron chi connectivity index (χ0n) is 9.84. The molecule has 0 spiro atoms. The third-order valence-electron chi connectivity index (χ3n) is 2.23. The number of anilines is 1. The number of nitrogens with one attached hydrogen (secondary N) is 1. The molecule has 0 fully saturated rings. The molecule has 2 heterocycles. The molecule has 1 N–H and O–H groups in total. The van der Waals surface area contributed by atoms with E-state index < -0.39 is 5.97 Å². The summed E-state index contributed by atoms with van der Waals surface area (Å²) in [5, 5.41) is 2.60. The maximum Gasteiger partial charge on any atom is 0.358 e. The Morgan fingerprint density at radius 2 is 2.16 bits per heavy atom. The van der Waals surface area contributed by atoms with E-state index in [0.29, 0.717) is 14.9 Å². The molecule has 7 heteroatoms. The summed E-state index contributed by atoms with van der Waals surface area (Å²) >= 11 is 6.92. The zero-order chi connectivity index (χ0) is 13.8. The Morgan fingerprint density at radius 1 is 1.37 bits per heavy atom. The number of carbonyl (C=O) groups excluding carboxylic acids is 2. The minimum absolute atomic E-state index is 0.0565. The van der Waals surface area contributed by atoms with Gasteiger partial charge in [-0.25, -0.2) is 9.78 Å². The van der Waals surface area contributed by atoms with Crippen LogP contribution < -0.4 is 5.32 Å². The highest BCUT2D eigenvalue weighted by atomic mass is 35.5. The molecule has 0 bridgehead atoms. The van der Waals surface area contributed by atoms with Gasteiger partial charge in [0, 0.05) is 6.20 Å². The average Bonchev–Trinajstić information content (AvgIpc) is 2.85. The summed E-state index contributed by atoms with van der Waals surface area (Å²) in [7, 11) is 1.25. The van der Waals surface area contributed by atoms with Gasteiger partial charge in [-0.05, 0) is 24.3 Å². The smallest absolute Gasteiger partial charge is 0.358 e. The number of hydrogen-bond acceptors (Lipinski definition) is 5. The van der Waals surface area contributed by atoms with E-state index >= 15 is 0 Å². The number of thiophene rings is 1. The van der Waals surface area contributed by atoms with Crippen molar-refractivity contribution in [3.05, 3.63) is 45.4 Å². The third-order valence-corrected chi connectivity index (χ3v) is 3.46. The monoisotopic (exact) mass is 296 g/mol. The van der Waals surface area contributed by atoms with Crippen molar-refractivity contribution >= 4 is 40.5 Å². The van der Waals surface area contributed by atoms with Gasteiger partial charge in [0.25, 0.3) is 5.91 Å². The maximum absolute atomic E-state index is 12.0. The van der Waals surface area contributed by atoms with E-state index in [1.54, 1.807) is 24.3 Å². The molecule has 0 aromatic carbocycles. The molecule has 1 amide bonds. The van der Waals surface area contributed by atoms with Crippen molar-refractivity contribution in [3.63, 3.8) is 0 Å². The Kier molecular flexibility index (Phi) is 4.13. The van der Waals surface area contributed by atoms with Crippen molar-refractivity contribution in [3.8, 4) is 0 Å². The first kappa shape index (κ1) is 13.5. The van der Waals surface area contributed by atoms with Crippen molar-refractivity contribution in [1.29, 1.82) is 0 Å². The summed E-state index contributed by atoms with van der Waals surface area (Å²) in [6, 6.07) is 6.43. The van der Waals surface area contributed by atoms with Gasteiger partial charge in [-0.15, -0.1) is 11.3 Å². The van der Waals surface area contributed by atoms with Crippen molar-refractivity contribution in [1.82, 2.24) is 4.98 Å². The maximum atomic E-state index is 12.0. The second kappa shape index (κ2) is 5.81. The number of hydrogen-bond donors (Lipinski definition) is 1. The first-order valence-electron chi connectivity index (χ1n) is 5.22. The lowest BCUT2D eigenvalue weighted by atomic mass is 10.3. The first-order valence-corrected chi connectivity index (χ1v) is 6.41. The molecule has 0 saturated heterocycles.